The molecular formula is C13H14N4. The van der Waals surface area contributed by atoms with Crippen molar-refractivity contribution in [3.05, 3.63) is 48.4 Å². The average Bonchev–Trinajstić information content (AvgIpc) is 2.94. The van der Waals surface area contributed by atoms with Gasteiger partial charge in [0.1, 0.15) is 0 Å². The zero-order chi connectivity index (χ0) is 11.7. The third-order valence-corrected chi connectivity index (χ3v) is 2.85. The summed E-state index contributed by atoms with van der Waals surface area (Å²) in [5.41, 5.74) is 3.41. The second-order valence-corrected chi connectivity index (χ2v) is 4.18. The number of benzene rings is 1. The third kappa shape index (κ3) is 1.89. The van der Waals surface area contributed by atoms with E-state index in [9.17, 15) is 0 Å². The summed E-state index contributed by atoms with van der Waals surface area (Å²) in [6, 6.07) is 8.25. The molecule has 86 valence electrons. The molecule has 0 bridgehead atoms. The lowest BCUT2D eigenvalue weighted by Crippen LogP contribution is -1.99. The summed E-state index contributed by atoms with van der Waals surface area (Å²) in [7, 11) is 2.03. The predicted octanol–water partition coefficient (Wildman–Crippen LogP) is 2.51. The van der Waals surface area contributed by atoms with Crippen molar-refractivity contribution >= 4 is 16.6 Å². The molecule has 0 unspecified atom stereocenters. The van der Waals surface area contributed by atoms with Crippen LogP contribution in [-0.4, -0.2) is 14.8 Å². The Morgan fingerprint density at radius 3 is 3.12 bits per heavy atom. The average molecular weight is 226 g/mol. The van der Waals surface area contributed by atoms with Gasteiger partial charge in [-0.3, -0.25) is 5.10 Å². The molecule has 1 aromatic carbocycles. The van der Waals surface area contributed by atoms with Crippen molar-refractivity contribution < 1.29 is 0 Å². The minimum absolute atomic E-state index is 0.818. The normalized spacial score (nSPS) is 10.9. The molecule has 0 radical (unpaired) electrons. The fourth-order valence-electron chi connectivity index (χ4n) is 1.98. The van der Waals surface area contributed by atoms with Gasteiger partial charge in [0.05, 0.1) is 17.4 Å². The van der Waals surface area contributed by atoms with Crippen LogP contribution in [0.25, 0.3) is 10.9 Å². The van der Waals surface area contributed by atoms with Gasteiger partial charge in [0.15, 0.2) is 0 Å². The van der Waals surface area contributed by atoms with Gasteiger partial charge in [-0.05, 0) is 17.7 Å². The lowest BCUT2D eigenvalue weighted by atomic mass is 10.2. The molecule has 0 aliphatic heterocycles. The minimum atomic E-state index is 0.818. The highest BCUT2D eigenvalue weighted by Gasteiger charge is 2.02. The predicted molar refractivity (Wildman–Crippen MR) is 68.8 cm³/mol. The molecule has 4 heteroatoms. The SMILES string of the molecule is Cn1ccc(CNc2cccc3cn[nH]c23)c1. The number of aromatic nitrogens is 3. The van der Waals surface area contributed by atoms with Gasteiger partial charge in [-0.2, -0.15) is 5.10 Å². The van der Waals surface area contributed by atoms with E-state index in [2.05, 4.69) is 33.8 Å². The van der Waals surface area contributed by atoms with Crippen molar-refractivity contribution in [2.24, 2.45) is 7.05 Å². The van der Waals surface area contributed by atoms with Gasteiger partial charge < -0.3 is 9.88 Å². The van der Waals surface area contributed by atoms with Gasteiger partial charge in [0, 0.05) is 31.4 Å². The Kier molecular flexibility index (Phi) is 2.33. The smallest absolute Gasteiger partial charge is 0.0881 e. The maximum Gasteiger partial charge on any atom is 0.0881 e. The molecule has 2 aromatic heterocycles. The number of H-pyrrole nitrogens is 1. The van der Waals surface area contributed by atoms with Crippen LogP contribution in [0.4, 0.5) is 5.69 Å². The number of hydrogen-bond acceptors (Lipinski definition) is 2. The molecule has 0 aliphatic carbocycles. The van der Waals surface area contributed by atoms with Crippen molar-refractivity contribution in [2.75, 3.05) is 5.32 Å². The van der Waals surface area contributed by atoms with Crippen molar-refractivity contribution in [2.45, 2.75) is 6.54 Å². The molecule has 0 amide bonds. The van der Waals surface area contributed by atoms with E-state index in [4.69, 9.17) is 0 Å². The molecular weight excluding hydrogens is 212 g/mol. The summed E-state index contributed by atoms with van der Waals surface area (Å²) in [5.74, 6) is 0. The number of nitrogens with zero attached hydrogens (tertiary/aromatic N) is 2. The number of rotatable bonds is 3. The molecule has 17 heavy (non-hydrogen) atoms. The Balaban J connectivity index is 1.83. The van der Waals surface area contributed by atoms with Crippen LogP contribution >= 0.6 is 0 Å². The molecule has 0 saturated heterocycles. The fourth-order valence-corrected chi connectivity index (χ4v) is 1.98. The fraction of sp³-hybridized carbons (Fsp3) is 0.154. The lowest BCUT2D eigenvalue weighted by Gasteiger charge is -2.05. The molecule has 0 spiro atoms. The van der Waals surface area contributed by atoms with E-state index in [0.717, 1.165) is 23.1 Å². The molecule has 3 aromatic rings. The van der Waals surface area contributed by atoms with Gasteiger partial charge in [0.2, 0.25) is 0 Å². The number of fused-ring (bicyclic) bond motifs is 1. The zero-order valence-corrected chi connectivity index (χ0v) is 9.64. The van der Waals surface area contributed by atoms with Gasteiger partial charge in [-0.15, -0.1) is 0 Å². The molecule has 3 rings (SSSR count). The van der Waals surface area contributed by atoms with Crippen molar-refractivity contribution in [1.82, 2.24) is 14.8 Å². The van der Waals surface area contributed by atoms with Crippen LogP contribution in [0, 0.1) is 0 Å². The summed E-state index contributed by atoms with van der Waals surface area (Å²) in [5, 5.41) is 11.6. The number of aromatic amines is 1. The summed E-state index contributed by atoms with van der Waals surface area (Å²) in [4.78, 5) is 0. The quantitative estimate of drug-likeness (QED) is 0.720. The number of aryl methyl sites for hydroxylation is 1. The highest BCUT2D eigenvalue weighted by atomic mass is 15.1. The van der Waals surface area contributed by atoms with Gasteiger partial charge >= 0.3 is 0 Å². The van der Waals surface area contributed by atoms with Crippen LogP contribution in [0.1, 0.15) is 5.56 Å². The maximum absolute atomic E-state index is 4.05. The van der Waals surface area contributed by atoms with E-state index < -0.39 is 0 Å². The summed E-state index contributed by atoms with van der Waals surface area (Å²) < 4.78 is 2.05. The molecule has 0 aliphatic rings. The van der Waals surface area contributed by atoms with E-state index in [1.54, 1.807) is 0 Å². The van der Waals surface area contributed by atoms with Crippen molar-refractivity contribution in [3.63, 3.8) is 0 Å². The van der Waals surface area contributed by atoms with Crippen molar-refractivity contribution in [1.29, 1.82) is 0 Å². The lowest BCUT2D eigenvalue weighted by molar-refractivity contribution is 0.920. The summed E-state index contributed by atoms with van der Waals surface area (Å²) in [6.07, 6.45) is 6.00. The molecule has 0 saturated carbocycles. The van der Waals surface area contributed by atoms with Crippen LogP contribution in [-0.2, 0) is 13.6 Å². The zero-order valence-electron chi connectivity index (χ0n) is 9.64. The van der Waals surface area contributed by atoms with E-state index in [-0.39, 0.29) is 0 Å². The molecule has 2 heterocycles. The van der Waals surface area contributed by atoms with E-state index in [1.807, 2.05) is 36.1 Å². The Morgan fingerprint density at radius 2 is 2.29 bits per heavy atom. The Morgan fingerprint density at radius 1 is 1.35 bits per heavy atom. The van der Waals surface area contributed by atoms with Gasteiger partial charge in [0.25, 0.3) is 0 Å². The van der Waals surface area contributed by atoms with E-state index in [1.165, 1.54) is 5.56 Å². The maximum atomic E-state index is 4.05. The first-order valence-electron chi connectivity index (χ1n) is 5.60. The summed E-state index contributed by atoms with van der Waals surface area (Å²) >= 11 is 0. The number of hydrogen-bond donors (Lipinski definition) is 2. The Bertz CT molecular complexity index is 635. The summed E-state index contributed by atoms with van der Waals surface area (Å²) in [6.45, 7) is 0.818. The molecule has 4 nitrogen and oxygen atoms in total. The molecule has 0 fully saturated rings. The number of nitrogens with one attached hydrogen (secondary N) is 2. The largest absolute Gasteiger partial charge is 0.379 e. The third-order valence-electron chi connectivity index (χ3n) is 2.85. The van der Waals surface area contributed by atoms with E-state index in [0.29, 0.717) is 0 Å². The number of para-hydroxylation sites is 1. The monoisotopic (exact) mass is 226 g/mol. The molecule has 0 atom stereocenters. The standard InChI is InChI=1S/C13H14N4/c1-17-6-5-10(9-17)7-14-12-4-2-3-11-8-15-16-13(11)12/h2-6,8-9,14H,7H2,1H3,(H,15,16). The minimum Gasteiger partial charge on any atom is -0.379 e. The second-order valence-electron chi connectivity index (χ2n) is 4.18. The van der Waals surface area contributed by atoms with Gasteiger partial charge in [-0.25, -0.2) is 0 Å². The highest BCUT2D eigenvalue weighted by molar-refractivity contribution is 5.89. The number of anilines is 1. The van der Waals surface area contributed by atoms with Crippen molar-refractivity contribution in [3.8, 4) is 0 Å². The topological polar surface area (TPSA) is 45.6 Å². The van der Waals surface area contributed by atoms with Crippen LogP contribution in [0.15, 0.2) is 42.9 Å². The first-order chi connectivity index (χ1) is 8.33. The van der Waals surface area contributed by atoms with Crippen LogP contribution in [0.5, 0.6) is 0 Å². The van der Waals surface area contributed by atoms with Crippen LogP contribution in [0.3, 0.4) is 0 Å². The molecule has 2 N–H and O–H groups in total. The second kappa shape index (κ2) is 3.97. The van der Waals surface area contributed by atoms with Crippen LogP contribution in [0.2, 0.25) is 0 Å². The van der Waals surface area contributed by atoms with Crippen LogP contribution < -0.4 is 5.32 Å². The first kappa shape index (κ1) is 9.96. The Hall–Kier alpha value is -2.23. The van der Waals surface area contributed by atoms with E-state index >= 15 is 0 Å². The Labute approximate surface area is 99.3 Å². The highest BCUT2D eigenvalue weighted by Crippen LogP contribution is 2.20. The van der Waals surface area contributed by atoms with Gasteiger partial charge in [-0.1, -0.05) is 12.1 Å². The first-order valence-corrected chi connectivity index (χ1v) is 5.60.